The minimum atomic E-state index is -1.14. The van der Waals surface area contributed by atoms with Gasteiger partial charge in [0.1, 0.15) is 12.4 Å². The van der Waals surface area contributed by atoms with Gasteiger partial charge in [0.05, 0.1) is 17.5 Å². The normalized spacial score (nSPS) is 11.6. The lowest BCUT2D eigenvalue weighted by Crippen LogP contribution is -2.30. The highest BCUT2D eigenvalue weighted by molar-refractivity contribution is 6.30. The van der Waals surface area contributed by atoms with Crippen LogP contribution in [0.2, 0.25) is 5.02 Å². The predicted octanol–water partition coefficient (Wildman–Crippen LogP) is 3.92. The molecule has 7 heteroatoms. The molecule has 0 radical (unpaired) electrons. The number of benzene rings is 2. The first-order valence-electron chi connectivity index (χ1n) is 7.09. The van der Waals surface area contributed by atoms with Crippen molar-refractivity contribution in [3.8, 4) is 0 Å². The quantitative estimate of drug-likeness (QED) is 0.827. The van der Waals surface area contributed by atoms with Crippen molar-refractivity contribution < 1.29 is 23.8 Å². The second-order valence-corrected chi connectivity index (χ2v) is 5.44. The van der Waals surface area contributed by atoms with E-state index in [2.05, 4.69) is 5.32 Å². The van der Waals surface area contributed by atoms with Crippen LogP contribution in [0.25, 0.3) is 0 Å². The summed E-state index contributed by atoms with van der Waals surface area (Å²) < 4.78 is 18.6. The van der Waals surface area contributed by atoms with E-state index in [0.29, 0.717) is 0 Å². The molecular weight excluding hydrogens is 337 g/mol. The number of hydrogen-bond acceptors (Lipinski definition) is 3. The smallest absolute Gasteiger partial charge is 0.407 e. The van der Waals surface area contributed by atoms with Gasteiger partial charge in [-0.15, -0.1) is 0 Å². The van der Waals surface area contributed by atoms with Crippen LogP contribution in [0.1, 0.15) is 23.6 Å². The number of amides is 1. The molecule has 2 rings (SSSR count). The Balaban J connectivity index is 2.03. The Hall–Kier alpha value is -2.60. The van der Waals surface area contributed by atoms with Crippen molar-refractivity contribution in [3.63, 3.8) is 0 Å². The second kappa shape index (κ2) is 8.31. The lowest BCUT2D eigenvalue weighted by atomic mass is 10.0. The fourth-order valence-corrected chi connectivity index (χ4v) is 2.18. The third-order valence-corrected chi connectivity index (χ3v) is 3.54. The van der Waals surface area contributed by atoms with Gasteiger partial charge in [0.2, 0.25) is 0 Å². The van der Waals surface area contributed by atoms with Gasteiger partial charge in [-0.1, -0.05) is 48.0 Å². The summed E-state index contributed by atoms with van der Waals surface area (Å²) in [6.07, 6.45) is -1.21. The van der Waals surface area contributed by atoms with E-state index < -0.39 is 30.3 Å². The molecule has 0 aliphatic rings. The molecule has 0 heterocycles. The number of carbonyl (C=O) groups excluding carboxylic acids is 1. The summed E-state index contributed by atoms with van der Waals surface area (Å²) in [6.45, 7) is 0.0431. The van der Waals surface area contributed by atoms with Crippen LogP contribution in [0.5, 0.6) is 0 Å². The van der Waals surface area contributed by atoms with Crippen molar-refractivity contribution in [2.75, 3.05) is 0 Å². The zero-order chi connectivity index (χ0) is 17.5. The number of ether oxygens (including phenoxy) is 1. The summed E-state index contributed by atoms with van der Waals surface area (Å²) in [6, 6.07) is 11.9. The molecule has 0 saturated carbocycles. The van der Waals surface area contributed by atoms with Gasteiger partial charge in [0, 0.05) is 0 Å². The van der Waals surface area contributed by atoms with E-state index in [-0.39, 0.29) is 17.2 Å². The molecule has 2 N–H and O–H groups in total. The molecule has 0 aromatic heterocycles. The van der Waals surface area contributed by atoms with Crippen molar-refractivity contribution in [2.24, 2.45) is 0 Å². The van der Waals surface area contributed by atoms with Gasteiger partial charge in [-0.3, -0.25) is 4.79 Å². The van der Waals surface area contributed by atoms with Gasteiger partial charge in [-0.2, -0.15) is 0 Å². The average molecular weight is 352 g/mol. The van der Waals surface area contributed by atoms with Crippen molar-refractivity contribution in [3.05, 3.63) is 70.5 Å². The van der Waals surface area contributed by atoms with Crippen LogP contribution < -0.4 is 5.32 Å². The molecule has 0 aliphatic heterocycles. The number of carboxylic acids is 1. The molecule has 0 bridgehead atoms. The van der Waals surface area contributed by atoms with E-state index in [0.717, 1.165) is 11.6 Å². The summed E-state index contributed by atoms with van der Waals surface area (Å²) >= 11 is 5.61. The van der Waals surface area contributed by atoms with Gasteiger partial charge in [-0.05, 0) is 23.3 Å². The molecule has 1 atom stereocenters. The lowest BCUT2D eigenvalue weighted by molar-refractivity contribution is -0.137. The minimum Gasteiger partial charge on any atom is -0.481 e. The maximum absolute atomic E-state index is 13.6. The standard InChI is InChI=1S/C17H15ClFNO4/c18-13-7-6-12(8-14(13)19)15(9-16(21)22)20-17(23)24-10-11-4-2-1-3-5-11/h1-8,15H,9-10H2,(H,20,23)(H,21,22)/t15-/m1/s1. The molecule has 5 nitrogen and oxygen atoms in total. The van der Waals surface area contributed by atoms with Gasteiger partial charge in [0.25, 0.3) is 0 Å². The molecule has 0 fully saturated rings. The minimum absolute atomic E-state index is 0.0431. The number of nitrogens with one attached hydrogen (secondary N) is 1. The molecule has 0 aliphatic carbocycles. The maximum atomic E-state index is 13.6. The monoisotopic (exact) mass is 351 g/mol. The fourth-order valence-electron chi connectivity index (χ4n) is 2.06. The van der Waals surface area contributed by atoms with Crippen molar-refractivity contribution in [1.82, 2.24) is 5.32 Å². The first-order valence-corrected chi connectivity index (χ1v) is 7.47. The lowest BCUT2D eigenvalue weighted by Gasteiger charge is -2.17. The van der Waals surface area contributed by atoms with Crippen LogP contribution in [0.3, 0.4) is 0 Å². The van der Waals surface area contributed by atoms with Crippen molar-refractivity contribution in [2.45, 2.75) is 19.1 Å². The van der Waals surface area contributed by atoms with E-state index in [1.807, 2.05) is 6.07 Å². The molecule has 0 saturated heterocycles. The Kier molecular flexibility index (Phi) is 6.14. The van der Waals surface area contributed by atoms with Crippen molar-refractivity contribution in [1.29, 1.82) is 0 Å². The maximum Gasteiger partial charge on any atom is 0.407 e. The average Bonchev–Trinajstić information content (AvgIpc) is 2.55. The van der Waals surface area contributed by atoms with Gasteiger partial charge < -0.3 is 15.2 Å². The van der Waals surface area contributed by atoms with Crippen LogP contribution in [0, 0.1) is 5.82 Å². The van der Waals surface area contributed by atoms with E-state index in [4.69, 9.17) is 21.4 Å². The number of alkyl carbamates (subject to hydrolysis) is 1. The largest absolute Gasteiger partial charge is 0.481 e. The summed E-state index contributed by atoms with van der Waals surface area (Å²) in [7, 11) is 0. The summed E-state index contributed by atoms with van der Waals surface area (Å²) in [5.74, 6) is -1.83. The molecular formula is C17H15ClFNO4. The summed E-state index contributed by atoms with van der Waals surface area (Å²) in [5, 5.41) is 11.3. The van der Waals surface area contributed by atoms with Gasteiger partial charge in [-0.25, -0.2) is 9.18 Å². The highest BCUT2D eigenvalue weighted by atomic mass is 35.5. The molecule has 126 valence electrons. The Labute approximate surface area is 143 Å². The molecule has 0 unspecified atom stereocenters. The zero-order valence-electron chi connectivity index (χ0n) is 12.5. The highest BCUT2D eigenvalue weighted by Crippen LogP contribution is 2.22. The Morgan fingerprint density at radius 1 is 1.21 bits per heavy atom. The van der Waals surface area contributed by atoms with Crippen LogP contribution in [-0.2, 0) is 16.1 Å². The summed E-state index contributed by atoms with van der Waals surface area (Å²) in [4.78, 5) is 22.9. The number of halogens is 2. The third kappa shape index (κ3) is 5.24. The van der Waals surface area contributed by atoms with E-state index >= 15 is 0 Å². The fraction of sp³-hybridized carbons (Fsp3) is 0.176. The Bertz CT molecular complexity index is 724. The molecule has 1 amide bonds. The van der Waals surface area contributed by atoms with Crippen LogP contribution in [-0.4, -0.2) is 17.2 Å². The highest BCUT2D eigenvalue weighted by Gasteiger charge is 2.20. The Morgan fingerprint density at radius 3 is 2.54 bits per heavy atom. The predicted molar refractivity (Wildman–Crippen MR) is 86.2 cm³/mol. The Morgan fingerprint density at radius 2 is 1.92 bits per heavy atom. The molecule has 24 heavy (non-hydrogen) atoms. The second-order valence-electron chi connectivity index (χ2n) is 5.03. The third-order valence-electron chi connectivity index (χ3n) is 3.23. The van der Waals surface area contributed by atoms with Crippen LogP contribution >= 0.6 is 11.6 Å². The van der Waals surface area contributed by atoms with Crippen molar-refractivity contribution >= 4 is 23.7 Å². The molecule has 2 aromatic rings. The molecule has 0 spiro atoms. The zero-order valence-corrected chi connectivity index (χ0v) is 13.3. The van der Waals surface area contributed by atoms with E-state index in [1.54, 1.807) is 24.3 Å². The topological polar surface area (TPSA) is 75.6 Å². The SMILES string of the molecule is O=C(O)C[C@@H](NC(=O)OCc1ccccc1)c1ccc(Cl)c(F)c1. The van der Waals surface area contributed by atoms with Gasteiger partial charge >= 0.3 is 12.1 Å². The number of aliphatic carboxylic acids is 1. The van der Waals surface area contributed by atoms with Crippen LogP contribution in [0.15, 0.2) is 48.5 Å². The van der Waals surface area contributed by atoms with Gasteiger partial charge in [0.15, 0.2) is 0 Å². The van der Waals surface area contributed by atoms with E-state index in [9.17, 15) is 14.0 Å². The van der Waals surface area contributed by atoms with E-state index in [1.165, 1.54) is 12.1 Å². The number of rotatable bonds is 6. The first kappa shape index (κ1) is 17.7. The number of hydrogen-bond donors (Lipinski definition) is 2. The summed E-state index contributed by atoms with van der Waals surface area (Å²) in [5.41, 5.74) is 1.08. The number of carboxylic acid groups (broad SMARTS) is 1. The van der Waals surface area contributed by atoms with Crippen LogP contribution in [0.4, 0.5) is 9.18 Å². The number of carbonyl (C=O) groups is 2. The molecule has 2 aromatic carbocycles. The first-order chi connectivity index (χ1) is 11.5.